The van der Waals surface area contributed by atoms with Crippen LogP contribution in [0, 0.1) is 5.41 Å². The summed E-state index contributed by atoms with van der Waals surface area (Å²) in [6.45, 7) is 7.60. The van der Waals surface area contributed by atoms with Crippen LogP contribution in [0.1, 0.15) is 40.0 Å². The highest BCUT2D eigenvalue weighted by atomic mass is 16.5. The number of nitrogens with two attached hydrogens (primary N) is 1. The van der Waals surface area contributed by atoms with Gasteiger partial charge in [-0.3, -0.25) is 4.79 Å². The largest absolute Gasteiger partial charge is 0.450 e. The minimum absolute atomic E-state index is 0.0365. The molecule has 1 aliphatic heterocycles. The van der Waals surface area contributed by atoms with Gasteiger partial charge in [0.25, 0.3) is 0 Å². The van der Waals surface area contributed by atoms with Gasteiger partial charge in [0, 0.05) is 25.7 Å². The highest BCUT2D eigenvalue weighted by molar-refractivity contribution is 5.82. The smallest absolute Gasteiger partial charge is 0.407 e. The number of hydrogen-bond donors (Lipinski definition) is 2. The average Bonchev–Trinajstić information content (AvgIpc) is 2.46. The van der Waals surface area contributed by atoms with Crippen LogP contribution in [0.3, 0.4) is 0 Å². The van der Waals surface area contributed by atoms with Gasteiger partial charge in [0.1, 0.15) is 0 Å². The third kappa shape index (κ3) is 4.10. The average molecular weight is 285 g/mol. The summed E-state index contributed by atoms with van der Waals surface area (Å²) in [7, 11) is 0. The number of carbonyl (C=O) groups excluding carboxylic acids is 2. The lowest BCUT2D eigenvalue weighted by molar-refractivity contribution is -0.142. The summed E-state index contributed by atoms with van der Waals surface area (Å²) in [6.07, 6.45) is 2.06. The summed E-state index contributed by atoms with van der Waals surface area (Å²) < 4.78 is 4.88. The number of nitrogens with one attached hydrogen (secondary N) is 1. The van der Waals surface area contributed by atoms with Gasteiger partial charge in [-0.1, -0.05) is 6.92 Å². The Labute approximate surface area is 121 Å². The molecule has 2 amide bonds. The van der Waals surface area contributed by atoms with E-state index < -0.39 is 11.5 Å². The molecule has 0 aromatic rings. The van der Waals surface area contributed by atoms with Crippen LogP contribution in [0.5, 0.6) is 0 Å². The lowest BCUT2D eigenvalue weighted by Gasteiger charge is -2.38. The number of amides is 2. The van der Waals surface area contributed by atoms with Gasteiger partial charge in [0.15, 0.2) is 0 Å². The van der Waals surface area contributed by atoms with Gasteiger partial charge in [-0.05, 0) is 33.1 Å². The molecule has 1 heterocycles. The van der Waals surface area contributed by atoms with Crippen molar-refractivity contribution in [1.82, 2.24) is 10.2 Å². The van der Waals surface area contributed by atoms with Crippen LogP contribution in [-0.2, 0) is 9.53 Å². The molecule has 20 heavy (non-hydrogen) atoms. The molecule has 0 aromatic heterocycles. The molecule has 2 atom stereocenters. The fraction of sp³-hybridized carbons (Fsp3) is 0.857. The Bertz CT molecular complexity index is 343. The van der Waals surface area contributed by atoms with Gasteiger partial charge in [-0.25, -0.2) is 4.79 Å². The number of nitrogens with zero attached hydrogens (tertiary/aromatic N) is 1. The summed E-state index contributed by atoms with van der Waals surface area (Å²) in [5.74, 6) is 0.0814. The molecule has 6 heteroatoms. The molecule has 0 aromatic carbocycles. The van der Waals surface area contributed by atoms with Crippen LogP contribution < -0.4 is 11.1 Å². The Morgan fingerprint density at radius 2 is 2.15 bits per heavy atom. The van der Waals surface area contributed by atoms with Crippen molar-refractivity contribution >= 4 is 12.0 Å². The summed E-state index contributed by atoms with van der Waals surface area (Å²) in [6, 6.07) is -0.0365. The van der Waals surface area contributed by atoms with Crippen LogP contribution in [0.15, 0.2) is 0 Å². The van der Waals surface area contributed by atoms with Gasteiger partial charge in [0.05, 0.1) is 12.0 Å². The fourth-order valence-electron chi connectivity index (χ4n) is 2.38. The second-order valence-electron chi connectivity index (χ2n) is 5.57. The van der Waals surface area contributed by atoms with E-state index in [1.54, 1.807) is 6.92 Å². The SMILES string of the molecule is CCOC(=O)NC1CCCN(C(=O)C(C)(CC)CN)C1. The van der Waals surface area contributed by atoms with E-state index in [9.17, 15) is 9.59 Å². The molecule has 3 N–H and O–H groups in total. The van der Waals surface area contributed by atoms with E-state index >= 15 is 0 Å². The van der Waals surface area contributed by atoms with Crippen molar-refractivity contribution in [2.75, 3.05) is 26.2 Å². The topological polar surface area (TPSA) is 84.7 Å². The summed E-state index contributed by atoms with van der Waals surface area (Å²) in [4.78, 5) is 25.8. The van der Waals surface area contributed by atoms with Crippen LogP contribution >= 0.6 is 0 Å². The first-order valence-corrected chi connectivity index (χ1v) is 7.39. The molecular formula is C14H27N3O3. The first-order chi connectivity index (χ1) is 9.46. The maximum Gasteiger partial charge on any atom is 0.407 e. The van der Waals surface area contributed by atoms with Crippen molar-refractivity contribution in [3.05, 3.63) is 0 Å². The van der Waals surface area contributed by atoms with Crippen LogP contribution in [-0.4, -0.2) is 49.2 Å². The first-order valence-electron chi connectivity index (χ1n) is 7.39. The van der Waals surface area contributed by atoms with Gasteiger partial charge in [-0.2, -0.15) is 0 Å². The normalized spacial score (nSPS) is 22.0. The summed E-state index contributed by atoms with van der Waals surface area (Å²) in [5.41, 5.74) is 5.23. The van der Waals surface area contributed by atoms with Crippen molar-refractivity contribution in [1.29, 1.82) is 0 Å². The minimum atomic E-state index is -0.508. The van der Waals surface area contributed by atoms with Gasteiger partial charge in [-0.15, -0.1) is 0 Å². The molecule has 0 saturated carbocycles. The van der Waals surface area contributed by atoms with E-state index in [2.05, 4.69) is 5.32 Å². The first kappa shape index (κ1) is 16.8. The zero-order valence-electron chi connectivity index (χ0n) is 12.8. The molecule has 0 radical (unpaired) electrons. The molecule has 2 unspecified atom stereocenters. The van der Waals surface area contributed by atoms with E-state index in [0.29, 0.717) is 19.7 Å². The molecule has 6 nitrogen and oxygen atoms in total. The standard InChI is InChI=1S/C14H27N3O3/c1-4-14(3,10-15)12(18)17-8-6-7-11(9-17)16-13(19)20-5-2/h11H,4-10,15H2,1-3H3,(H,16,19). The quantitative estimate of drug-likeness (QED) is 0.792. The van der Waals surface area contributed by atoms with Gasteiger partial charge < -0.3 is 20.7 Å². The molecule has 0 bridgehead atoms. The molecular weight excluding hydrogens is 258 g/mol. The van der Waals surface area contributed by atoms with E-state index in [1.807, 2.05) is 18.7 Å². The molecule has 1 saturated heterocycles. The number of alkyl carbamates (subject to hydrolysis) is 1. The van der Waals surface area contributed by atoms with Crippen LogP contribution in [0.25, 0.3) is 0 Å². The molecule has 1 fully saturated rings. The number of ether oxygens (including phenoxy) is 1. The summed E-state index contributed by atoms with van der Waals surface area (Å²) in [5, 5.41) is 2.81. The number of piperidine rings is 1. The minimum Gasteiger partial charge on any atom is -0.450 e. The number of hydrogen-bond acceptors (Lipinski definition) is 4. The van der Waals surface area contributed by atoms with E-state index in [4.69, 9.17) is 10.5 Å². The number of carbonyl (C=O) groups is 2. The second kappa shape index (κ2) is 7.47. The molecule has 116 valence electrons. The third-order valence-electron chi connectivity index (χ3n) is 4.05. The molecule has 0 spiro atoms. The number of rotatable bonds is 5. The van der Waals surface area contributed by atoms with E-state index in [1.165, 1.54) is 0 Å². The zero-order valence-corrected chi connectivity index (χ0v) is 12.8. The van der Waals surface area contributed by atoms with Crippen LogP contribution in [0.4, 0.5) is 4.79 Å². The monoisotopic (exact) mass is 285 g/mol. The molecule has 1 rings (SSSR count). The lowest BCUT2D eigenvalue weighted by atomic mass is 9.85. The van der Waals surface area contributed by atoms with Crippen molar-refractivity contribution < 1.29 is 14.3 Å². The molecule has 1 aliphatic rings. The summed E-state index contributed by atoms with van der Waals surface area (Å²) >= 11 is 0. The van der Waals surface area contributed by atoms with Gasteiger partial charge >= 0.3 is 6.09 Å². The zero-order chi connectivity index (χ0) is 15.2. The predicted octanol–water partition coefficient (Wildman–Crippen LogP) is 1.10. The second-order valence-corrected chi connectivity index (χ2v) is 5.57. The Balaban J connectivity index is 2.60. The highest BCUT2D eigenvalue weighted by Gasteiger charge is 2.36. The third-order valence-corrected chi connectivity index (χ3v) is 4.05. The maximum absolute atomic E-state index is 12.5. The van der Waals surface area contributed by atoms with Crippen molar-refractivity contribution in [2.45, 2.75) is 46.1 Å². The fourth-order valence-corrected chi connectivity index (χ4v) is 2.38. The lowest BCUT2D eigenvalue weighted by Crippen LogP contribution is -2.54. The molecule has 0 aliphatic carbocycles. The van der Waals surface area contributed by atoms with E-state index in [0.717, 1.165) is 25.8 Å². The Morgan fingerprint density at radius 1 is 1.45 bits per heavy atom. The predicted molar refractivity (Wildman–Crippen MR) is 77.2 cm³/mol. The maximum atomic E-state index is 12.5. The van der Waals surface area contributed by atoms with Crippen LogP contribution in [0.2, 0.25) is 0 Å². The van der Waals surface area contributed by atoms with Crippen molar-refractivity contribution in [3.63, 3.8) is 0 Å². The Morgan fingerprint density at radius 3 is 2.70 bits per heavy atom. The highest BCUT2D eigenvalue weighted by Crippen LogP contribution is 2.24. The van der Waals surface area contributed by atoms with Gasteiger partial charge in [0.2, 0.25) is 5.91 Å². The Kier molecular flexibility index (Phi) is 6.26. The Hall–Kier alpha value is -1.30. The number of likely N-dealkylation sites (tertiary alicyclic amines) is 1. The van der Waals surface area contributed by atoms with Crippen molar-refractivity contribution in [2.24, 2.45) is 11.1 Å². The van der Waals surface area contributed by atoms with Crippen molar-refractivity contribution in [3.8, 4) is 0 Å². The van der Waals surface area contributed by atoms with E-state index in [-0.39, 0.29) is 11.9 Å².